The van der Waals surface area contributed by atoms with Crippen molar-refractivity contribution in [2.75, 3.05) is 0 Å². The van der Waals surface area contributed by atoms with E-state index in [2.05, 4.69) is 40.3 Å². The number of para-hydroxylation sites is 1. The van der Waals surface area contributed by atoms with Gasteiger partial charge in [0.05, 0.1) is 5.69 Å². The summed E-state index contributed by atoms with van der Waals surface area (Å²) >= 11 is 0. The highest BCUT2D eigenvalue weighted by Gasteiger charge is 2.19. The van der Waals surface area contributed by atoms with Crippen LogP contribution in [0.5, 0.6) is 0 Å². The molecule has 0 saturated carbocycles. The van der Waals surface area contributed by atoms with Gasteiger partial charge in [0.1, 0.15) is 0 Å². The molecule has 1 aliphatic rings. The maximum absolute atomic E-state index is 4.25. The molecule has 0 saturated heterocycles. The summed E-state index contributed by atoms with van der Waals surface area (Å²) in [5.74, 6) is 0. The van der Waals surface area contributed by atoms with Gasteiger partial charge in [-0.05, 0) is 36.1 Å². The molecule has 82 valence electrons. The van der Waals surface area contributed by atoms with Crippen LogP contribution >= 0.6 is 0 Å². The van der Waals surface area contributed by atoms with E-state index in [0.29, 0.717) is 0 Å². The minimum Gasteiger partial charge on any atom is -0.354 e. The summed E-state index contributed by atoms with van der Waals surface area (Å²) in [6.07, 6.45) is 6.10. The molecule has 1 N–H and O–H groups in total. The van der Waals surface area contributed by atoms with Gasteiger partial charge in [-0.15, -0.1) is 0 Å². The van der Waals surface area contributed by atoms with Crippen molar-refractivity contribution < 1.29 is 0 Å². The molecule has 1 aliphatic carbocycles. The molecule has 0 bridgehead atoms. The summed E-state index contributed by atoms with van der Waals surface area (Å²) < 4.78 is 0. The Hall–Kier alpha value is -2.09. The van der Waals surface area contributed by atoms with Gasteiger partial charge in [-0.1, -0.05) is 18.2 Å². The molecule has 17 heavy (non-hydrogen) atoms. The van der Waals surface area contributed by atoms with Crippen LogP contribution < -0.4 is 0 Å². The molecule has 0 spiro atoms. The Labute approximate surface area is 99.3 Å². The van der Waals surface area contributed by atoms with Crippen molar-refractivity contribution in [1.82, 2.24) is 9.97 Å². The van der Waals surface area contributed by atoms with E-state index >= 15 is 0 Å². The van der Waals surface area contributed by atoms with Crippen molar-refractivity contribution in [3.8, 4) is 11.3 Å². The van der Waals surface area contributed by atoms with Crippen LogP contribution in [0.25, 0.3) is 22.2 Å². The van der Waals surface area contributed by atoms with E-state index in [9.17, 15) is 0 Å². The molecule has 1 aromatic carbocycles. The molecule has 0 unspecified atom stereocenters. The summed E-state index contributed by atoms with van der Waals surface area (Å²) in [4.78, 5) is 7.78. The highest BCUT2D eigenvalue weighted by Crippen LogP contribution is 2.36. The van der Waals surface area contributed by atoms with E-state index in [1.807, 2.05) is 12.4 Å². The zero-order chi connectivity index (χ0) is 11.2. The number of nitrogens with one attached hydrogen (secondary N) is 1. The first kappa shape index (κ1) is 8.99. The predicted molar refractivity (Wildman–Crippen MR) is 68.9 cm³/mol. The summed E-state index contributed by atoms with van der Waals surface area (Å²) in [7, 11) is 0. The van der Waals surface area contributed by atoms with Crippen molar-refractivity contribution in [1.29, 1.82) is 0 Å². The fourth-order valence-corrected chi connectivity index (χ4v) is 2.82. The number of aromatic nitrogens is 2. The smallest absolute Gasteiger partial charge is 0.0515 e. The van der Waals surface area contributed by atoms with Crippen molar-refractivity contribution in [2.45, 2.75) is 12.8 Å². The number of hydrogen-bond donors (Lipinski definition) is 1. The molecule has 4 rings (SSSR count). The SMILES string of the molecule is c1ccc2c3c([nH]c2c1)-c1cnccc1CC3. The Balaban J connectivity index is 2.10. The van der Waals surface area contributed by atoms with Crippen LogP contribution in [0, 0.1) is 0 Å². The van der Waals surface area contributed by atoms with Gasteiger partial charge < -0.3 is 4.98 Å². The van der Waals surface area contributed by atoms with Gasteiger partial charge in [0, 0.05) is 28.9 Å². The molecule has 2 aromatic heterocycles. The Morgan fingerprint density at radius 3 is 3.00 bits per heavy atom. The highest BCUT2D eigenvalue weighted by atomic mass is 14.7. The zero-order valence-corrected chi connectivity index (χ0v) is 9.40. The number of rotatable bonds is 0. The second-order valence-corrected chi connectivity index (χ2v) is 4.56. The fourth-order valence-electron chi connectivity index (χ4n) is 2.82. The normalized spacial score (nSPS) is 13.4. The first-order valence-corrected chi connectivity index (χ1v) is 5.96. The van der Waals surface area contributed by atoms with Crippen LogP contribution in [0.3, 0.4) is 0 Å². The van der Waals surface area contributed by atoms with Gasteiger partial charge in [-0.2, -0.15) is 0 Å². The average molecular weight is 220 g/mol. The number of benzene rings is 1. The lowest BCUT2D eigenvalue weighted by molar-refractivity contribution is 0.941. The number of nitrogens with zero attached hydrogens (tertiary/aromatic N) is 1. The van der Waals surface area contributed by atoms with Crippen LogP contribution in [-0.2, 0) is 12.8 Å². The number of hydrogen-bond acceptors (Lipinski definition) is 1. The van der Waals surface area contributed by atoms with Crippen LogP contribution in [0.4, 0.5) is 0 Å². The monoisotopic (exact) mass is 220 g/mol. The van der Waals surface area contributed by atoms with Gasteiger partial charge in [0.25, 0.3) is 0 Å². The topological polar surface area (TPSA) is 28.7 Å². The second kappa shape index (κ2) is 3.20. The summed E-state index contributed by atoms with van der Waals surface area (Å²) in [6.45, 7) is 0. The Bertz CT molecular complexity index is 710. The molecule has 2 heterocycles. The van der Waals surface area contributed by atoms with E-state index in [-0.39, 0.29) is 0 Å². The van der Waals surface area contributed by atoms with Crippen molar-refractivity contribution in [2.24, 2.45) is 0 Å². The van der Waals surface area contributed by atoms with Crippen molar-refractivity contribution >= 4 is 10.9 Å². The molecule has 0 aliphatic heterocycles. The highest BCUT2D eigenvalue weighted by molar-refractivity contribution is 5.92. The fraction of sp³-hybridized carbons (Fsp3) is 0.133. The minimum atomic E-state index is 1.12. The average Bonchev–Trinajstić information content (AvgIpc) is 2.78. The molecular formula is C15H12N2. The lowest BCUT2D eigenvalue weighted by atomic mass is 9.90. The van der Waals surface area contributed by atoms with Gasteiger partial charge in [-0.25, -0.2) is 0 Å². The number of H-pyrrole nitrogens is 1. The summed E-state index contributed by atoms with van der Waals surface area (Å²) in [6, 6.07) is 10.7. The zero-order valence-electron chi connectivity index (χ0n) is 9.40. The Morgan fingerprint density at radius 2 is 2.00 bits per heavy atom. The standard InChI is InChI=1S/C15H12N2/c1-2-4-14-11(3-1)12-6-5-10-7-8-16-9-13(10)15(12)17-14/h1-4,7-9,17H,5-6H2. The van der Waals surface area contributed by atoms with Crippen molar-refractivity contribution in [3.05, 3.63) is 53.9 Å². The predicted octanol–water partition coefficient (Wildman–Crippen LogP) is 3.33. The van der Waals surface area contributed by atoms with Crippen LogP contribution in [0.15, 0.2) is 42.7 Å². The van der Waals surface area contributed by atoms with E-state index in [0.717, 1.165) is 12.8 Å². The molecule has 0 atom stereocenters. The van der Waals surface area contributed by atoms with Crippen LogP contribution in [0.2, 0.25) is 0 Å². The lowest BCUT2D eigenvalue weighted by Crippen LogP contribution is -2.02. The molecule has 3 aromatic rings. The maximum Gasteiger partial charge on any atom is 0.0515 e. The van der Waals surface area contributed by atoms with E-state index < -0.39 is 0 Å². The third-order valence-corrected chi connectivity index (χ3v) is 3.64. The molecule has 2 heteroatoms. The maximum atomic E-state index is 4.25. The first-order chi connectivity index (χ1) is 8.43. The Morgan fingerprint density at radius 1 is 1.06 bits per heavy atom. The molecule has 2 nitrogen and oxygen atoms in total. The number of pyridine rings is 1. The minimum absolute atomic E-state index is 1.12. The van der Waals surface area contributed by atoms with Crippen LogP contribution in [0.1, 0.15) is 11.1 Å². The van der Waals surface area contributed by atoms with Gasteiger partial charge >= 0.3 is 0 Å². The number of aryl methyl sites for hydroxylation is 2. The quantitative estimate of drug-likeness (QED) is 0.618. The van der Waals surface area contributed by atoms with Gasteiger partial charge in [0.2, 0.25) is 0 Å². The summed E-state index contributed by atoms with van der Waals surface area (Å²) in [5, 5.41) is 1.36. The lowest BCUT2D eigenvalue weighted by Gasteiger charge is -2.15. The summed E-state index contributed by atoms with van der Waals surface area (Å²) in [5.41, 5.74) is 6.61. The molecule has 0 fully saturated rings. The third kappa shape index (κ3) is 1.18. The van der Waals surface area contributed by atoms with Crippen LogP contribution in [-0.4, -0.2) is 9.97 Å². The van der Waals surface area contributed by atoms with Crippen molar-refractivity contribution in [3.63, 3.8) is 0 Å². The Kier molecular flexibility index (Phi) is 1.69. The second-order valence-electron chi connectivity index (χ2n) is 4.56. The largest absolute Gasteiger partial charge is 0.354 e. The van der Waals surface area contributed by atoms with Gasteiger partial charge in [0.15, 0.2) is 0 Å². The van der Waals surface area contributed by atoms with E-state index in [4.69, 9.17) is 0 Å². The number of aromatic amines is 1. The van der Waals surface area contributed by atoms with Gasteiger partial charge in [-0.3, -0.25) is 4.98 Å². The molecule has 0 amide bonds. The van der Waals surface area contributed by atoms with E-state index in [1.54, 1.807) is 0 Å². The van der Waals surface area contributed by atoms with E-state index in [1.165, 1.54) is 33.3 Å². The first-order valence-electron chi connectivity index (χ1n) is 5.96. The number of fused-ring (bicyclic) bond motifs is 5. The third-order valence-electron chi connectivity index (χ3n) is 3.64. The molecular weight excluding hydrogens is 208 g/mol. The molecule has 0 radical (unpaired) electrons.